The van der Waals surface area contributed by atoms with Gasteiger partial charge >= 0.3 is 0 Å². The highest BCUT2D eigenvalue weighted by Crippen LogP contribution is 2.42. The summed E-state index contributed by atoms with van der Waals surface area (Å²) < 4.78 is 46.9. The monoisotopic (exact) mass is 645 g/mol. The average molecular weight is 646 g/mol. The van der Waals surface area contributed by atoms with Gasteiger partial charge in [-0.3, -0.25) is 13.9 Å². The molecule has 2 amide bonds. The minimum atomic E-state index is -3.92. The number of anilines is 1. The van der Waals surface area contributed by atoms with Crippen LogP contribution in [0.25, 0.3) is 33.4 Å². The predicted molar refractivity (Wildman–Crippen MR) is 180 cm³/mol. The number of fused-ring (bicyclic) bond motifs is 1. The van der Waals surface area contributed by atoms with Gasteiger partial charge in [-0.1, -0.05) is 43.5 Å². The highest BCUT2D eigenvalue weighted by Gasteiger charge is 2.28. The molecule has 0 unspecified atom stereocenters. The highest BCUT2D eigenvalue weighted by molar-refractivity contribution is 7.92. The molecule has 0 aliphatic rings. The Labute approximate surface area is 267 Å². The third-order valence-electron chi connectivity index (χ3n) is 7.44. The Morgan fingerprint density at radius 2 is 1.74 bits per heavy atom. The van der Waals surface area contributed by atoms with Crippen LogP contribution in [0.1, 0.15) is 34.6 Å². The lowest BCUT2D eigenvalue weighted by Crippen LogP contribution is -2.44. The molecule has 1 aromatic heterocycles. The van der Waals surface area contributed by atoms with Gasteiger partial charge in [0.1, 0.15) is 17.2 Å². The Morgan fingerprint density at radius 3 is 2.33 bits per heavy atom. The van der Waals surface area contributed by atoms with Crippen molar-refractivity contribution in [3.63, 3.8) is 0 Å². The van der Waals surface area contributed by atoms with Crippen LogP contribution in [0.3, 0.4) is 0 Å². The number of halogens is 1. The molecular formula is C35H36FN3O6S. The van der Waals surface area contributed by atoms with Crippen molar-refractivity contribution in [2.45, 2.75) is 19.4 Å². The maximum Gasteiger partial charge on any atom is 0.255 e. The second-order valence-electron chi connectivity index (χ2n) is 11.0. The largest absolute Gasteiger partial charge is 0.455 e. The summed E-state index contributed by atoms with van der Waals surface area (Å²) in [6.07, 6.45) is 6.00. The number of benzene rings is 3. The quantitative estimate of drug-likeness (QED) is 0.166. The van der Waals surface area contributed by atoms with Crippen molar-refractivity contribution in [3.05, 3.63) is 115 Å². The molecule has 9 nitrogen and oxygen atoms in total. The zero-order chi connectivity index (χ0) is 33.8. The first kappa shape index (κ1) is 33.9. The van der Waals surface area contributed by atoms with Crippen LogP contribution in [0.5, 0.6) is 0 Å². The zero-order valence-corrected chi connectivity index (χ0v) is 26.9. The Balaban J connectivity index is 1.98. The van der Waals surface area contributed by atoms with E-state index in [0.29, 0.717) is 22.1 Å². The van der Waals surface area contributed by atoms with E-state index in [1.165, 1.54) is 37.4 Å². The summed E-state index contributed by atoms with van der Waals surface area (Å²) in [5.74, 6) is -1.18. The van der Waals surface area contributed by atoms with Crippen LogP contribution < -0.4 is 14.9 Å². The van der Waals surface area contributed by atoms with E-state index < -0.39 is 39.8 Å². The number of nitrogens with one attached hydrogen (secondary N) is 2. The standard InChI is InChI=1S/C35H36FN3O6S/c1-7-10-25(8-2)35(3,4)38-33(41)24-12-9-11-23(19-24)27-20-28-30(21-29(27)39(17-18-40)46(6,43)44)45-32(31(28)34(42)37-5)22-13-15-26(36)16-14-22/h7-16,19-21,40H,1-2,17-18H2,3-6H3,(H,37,42)(H,38,41)/b25-10+. The Morgan fingerprint density at radius 1 is 1.04 bits per heavy atom. The van der Waals surface area contributed by atoms with E-state index in [0.717, 1.165) is 16.1 Å². The summed E-state index contributed by atoms with van der Waals surface area (Å²) >= 11 is 0. The summed E-state index contributed by atoms with van der Waals surface area (Å²) in [6.45, 7) is 10.5. The number of hydrogen-bond donors (Lipinski definition) is 3. The van der Waals surface area contributed by atoms with E-state index >= 15 is 0 Å². The molecule has 46 heavy (non-hydrogen) atoms. The van der Waals surface area contributed by atoms with E-state index in [9.17, 15) is 27.5 Å². The number of carbonyl (C=O) groups is 2. The van der Waals surface area contributed by atoms with Gasteiger partial charge < -0.3 is 20.2 Å². The van der Waals surface area contributed by atoms with Gasteiger partial charge in [-0.2, -0.15) is 0 Å². The fraction of sp³-hybridized carbons (Fsp3) is 0.200. The van der Waals surface area contributed by atoms with Gasteiger partial charge in [0.25, 0.3) is 11.8 Å². The number of sulfonamides is 1. The average Bonchev–Trinajstić information content (AvgIpc) is 3.39. The number of aliphatic hydroxyl groups excluding tert-OH is 1. The molecule has 0 atom stereocenters. The minimum absolute atomic E-state index is 0.159. The molecule has 0 spiro atoms. The minimum Gasteiger partial charge on any atom is -0.455 e. The van der Waals surface area contributed by atoms with Gasteiger partial charge in [0.05, 0.1) is 36.2 Å². The molecule has 240 valence electrons. The van der Waals surface area contributed by atoms with E-state index in [1.54, 1.807) is 48.6 Å². The van der Waals surface area contributed by atoms with Crippen molar-refractivity contribution in [3.8, 4) is 22.5 Å². The zero-order valence-electron chi connectivity index (χ0n) is 26.1. The molecule has 4 aromatic rings. The van der Waals surface area contributed by atoms with Gasteiger partial charge in [-0.15, -0.1) is 0 Å². The van der Waals surface area contributed by atoms with Crippen molar-refractivity contribution in [2.24, 2.45) is 0 Å². The molecular weight excluding hydrogens is 609 g/mol. The third kappa shape index (κ3) is 6.95. The Kier molecular flexibility index (Phi) is 9.98. The first-order valence-electron chi connectivity index (χ1n) is 14.3. The second kappa shape index (κ2) is 13.6. The molecule has 4 rings (SSSR count). The van der Waals surface area contributed by atoms with Gasteiger partial charge in [0.15, 0.2) is 0 Å². The van der Waals surface area contributed by atoms with E-state index in [4.69, 9.17) is 4.42 Å². The first-order valence-corrected chi connectivity index (χ1v) is 16.2. The number of rotatable bonds is 12. The SMILES string of the molecule is C=C/C=C(\C=C)C(C)(C)NC(=O)c1cccc(-c2cc3c(C(=O)NC)c(-c4ccc(F)cc4)oc3cc2N(CCO)S(C)(=O)=O)c1. The van der Waals surface area contributed by atoms with Gasteiger partial charge in [-0.05, 0) is 67.4 Å². The second-order valence-corrected chi connectivity index (χ2v) is 12.9. The summed E-state index contributed by atoms with van der Waals surface area (Å²) in [6, 6.07) is 15.1. The Bertz CT molecular complexity index is 1960. The van der Waals surface area contributed by atoms with Crippen molar-refractivity contribution in [1.82, 2.24) is 10.6 Å². The summed E-state index contributed by atoms with van der Waals surface area (Å²) in [4.78, 5) is 26.7. The molecule has 3 aromatic carbocycles. The van der Waals surface area contributed by atoms with Crippen molar-refractivity contribution < 1.29 is 31.9 Å². The number of nitrogens with zero attached hydrogens (tertiary/aromatic N) is 1. The van der Waals surface area contributed by atoms with Crippen LogP contribution in [-0.2, 0) is 10.0 Å². The summed E-state index contributed by atoms with van der Waals surface area (Å²) in [5.41, 5.74) is 1.99. The fourth-order valence-electron chi connectivity index (χ4n) is 5.20. The lowest BCUT2D eigenvalue weighted by atomic mass is 9.92. The maximum atomic E-state index is 13.7. The molecule has 1 heterocycles. The van der Waals surface area contributed by atoms with Crippen LogP contribution >= 0.6 is 0 Å². The molecule has 0 aliphatic heterocycles. The van der Waals surface area contributed by atoms with E-state index in [-0.39, 0.29) is 34.7 Å². The Hall–Kier alpha value is -5.00. The van der Waals surface area contributed by atoms with Gasteiger partial charge in [0, 0.05) is 35.2 Å². The lowest BCUT2D eigenvalue weighted by molar-refractivity contribution is 0.0923. The van der Waals surface area contributed by atoms with E-state index in [1.807, 2.05) is 13.8 Å². The number of furan rings is 1. The molecule has 3 N–H and O–H groups in total. The smallest absolute Gasteiger partial charge is 0.255 e. The van der Waals surface area contributed by atoms with Crippen molar-refractivity contribution >= 4 is 38.5 Å². The first-order chi connectivity index (χ1) is 21.7. The summed E-state index contributed by atoms with van der Waals surface area (Å²) in [5, 5.41) is 15.8. The lowest BCUT2D eigenvalue weighted by Gasteiger charge is -2.28. The molecule has 0 aliphatic carbocycles. The maximum absolute atomic E-state index is 13.7. The number of amides is 2. The summed E-state index contributed by atoms with van der Waals surface area (Å²) in [7, 11) is -2.46. The van der Waals surface area contributed by atoms with Crippen molar-refractivity contribution in [1.29, 1.82) is 0 Å². The van der Waals surface area contributed by atoms with Crippen LogP contribution in [0.2, 0.25) is 0 Å². The van der Waals surface area contributed by atoms with Crippen LogP contribution in [0.15, 0.2) is 102 Å². The number of carbonyl (C=O) groups excluding carboxylic acids is 2. The molecule has 0 bridgehead atoms. The number of aliphatic hydroxyl groups is 1. The van der Waals surface area contributed by atoms with Gasteiger partial charge in [-0.25, -0.2) is 12.8 Å². The van der Waals surface area contributed by atoms with E-state index in [2.05, 4.69) is 23.8 Å². The topological polar surface area (TPSA) is 129 Å². The fourth-order valence-corrected chi connectivity index (χ4v) is 6.12. The van der Waals surface area contributed by atoms with Crippen molar-refractivity contribution in [2.75, 3.05) is 30.8 Å². The molecule has 0 radical (unpaired) electrons. The molecule has 0 fully saturated rings. The highest BCUT2D eigenvalue weighted by atomic mass is 32.2. The van der Waals surface area contributed by atoms with Crippen LogP contribution in [0.4, 0.5) is 10.1 Å². The molecule has 0 saturated heterocycles. The van der Waals surface area contributed by atoms with Gasteiger partial charge in [0.2, 0.25) is 10.0 Å². The molecule has 11 heteroatoms. The predicted octanol–water partition coefficient (Wildman–Crippen LogP) is 5.83. The van der Waals surface area contributed by atoms with Crippen LogP contribution in [-0.4, -0.2) is 57.3 Å². The number of allylic oxidation sites excluding steroid dienone is 2. The molecule has 0 saturated carbocycles. The van der Waals surface area contributed by atoms with Crippen LogP contribution in [0, 0.1) is 5.82 Å². The normalized spacial score (nSPS) is 12.1. The number of hydrogen-bond acceptors (Lipinski definition) is 6. The third-order valence-corrected chi connectivity index (χ3v) is 8.62.